The van der Waals surface area contributed by atoms with E-state index in [4.69, 9.17) is 9.15 Å². The van der Waals surface area contributed by atoms with Crippen LogP contribution in [0.25, 0.3) is 11.0 Å². The van der Waals surface area contributed by atoms with Crippen molar-refractivity contribution in [2.45, 2.75) is 13.0 Å². The molecule has 2 heterocycles. The molecule has 0 spiro atoms. The van der Waals surface area contributed by atoms with Gasteiger partial charge in [0.25, 0.3) is 5.91 Å². The van der Waals surface area contributed by atoms with Gasteiger partial charge in [-0.15, -0.1) is 6.58 Å². The normalized spacial score (nSPS) is 15.8. The first-order valence-electron chi connectivity index (χ1n) is 8.86. The van der Waals surface area contributed by atoms with E-state index in [1.807, 2.05) is 31.2 Å². The highest BCUT2D eigenvalue weighted by molar-refractivity contribution is 5.99. The average molecular weight is 361 g/mol. The Morgan fingerprint density at radius 2 is 2.00 bits per heavy atom. The monoisotopic (exact) mass is 361 g/mol. The lowest BCUT2D eigenvalue weighted by atomic mass is 9.98. The highest BCUT2D eigenvalue weighted by Crippen LogP contribution is 2.38. The van der Waals surface area contributed by atoms with Crippen LogP contribution in [0.2, 0.25) is 0 Å². The Bertz CT molecular complexity index is 1100. The molecule has 2 aromatic carbocycles. The predicted octanol–water partition coefficient (Wildman–Crippen LogP) is 3.92. The molecule has 1 unspecified atom stereocenters. The molecule has 1 atom stereocenters. The molecule has 0 radical (unpaired) electrons. The molecule has 5 nitrogen and oxygen atoms in total. The number of carbonyl (C=O) groups excluding carboxylic acids is 1. The van der Waals surface area contributed by atoms with Crippen LogP contribution in [0.15, 0.2) is 70.4 Å². The summed E-state index contributed by atoms with van der Waals surface area (Å²) in [4.78, 5) is 27.8. The van der Waals surface area contributed by atoms with Crippen molar-refractivity contribution in [3.8, 4) is 5.75 Å². The van der Waals surface area contributed by atoms with Gasteiger partial charge in [-0.25, -0.2) is 0 Å². The third-order valence-electron chi connectivity index (χ3n) is 4.68. The largest absolute Gasteiger partial charge is 0.494 e. The quantitative estimate of drug-likeness (QED) is 0.646. The maximum absolute atomic E-state index is 13.2. The summed E-state index contributed by atoms with van der Waals surface area (Å²) >= 11 is 0. The second-order valence-electron chi connectivity index (χ2n) is 6.32. The molecule has 0 N–H and O–H groups in total. The van der Waals surface area contributed by atoms with E-state index in [-0.39, 0.29) is 17.1 Å². The van der Waals surface area contributed by atoms with Crippen LogP contribution in [0, 0.1) is 0 Å². The molecular formula is C22H19NO4. The molecule has 3 aromatic rings. The maximum atomic E-state index is 13.2. The Morgan fingerprint density at radius 1 is 1.19 bits per heavy atom. The third kappa shape index (κ3) is 2.72. The van der Waals surface area contributed by atoms with Crippen LogP contribution in [0.4, 0.5) is 0 Å². The van der Waals surface area contributed by atoms with Gasteiger partial charge in [0.2, 0.25) is 5.76 Å². The van der Waals surface area contributed by atoms with E-state index in [1.165, 1.54) is 0 Å². The van der Waals surface area contributed by atoms with Gasteiger partial charge in [-0.3, -0.25) is 9.59 Å². The smallest absolute Gasteiger partial charge is 0.291 e. The lowest BCUT2D eigenvalue weighted by Crippen LogP contribution is -2.29. The molecule has 1 aliphatic heterocycles. The van der Waals surface area contributed by atoms with Crippen molar-refractivity contribution in [2.24, 2.45) is 0 Å². The van der Waals surface area contributed by atoms with Crippen LogP contribution in [-0.4, -0.2) is 24.0 Å². The van der Waals surface area contributed by atoms with Gasteiger partial charge in [0.15, 0.2) is 5.43 Å². The van der Waals surface area contributed by atoms with E-state index < -0.39 is 6.04 Å². The van der Waals surface area contributed by atoms with Crippen LogP contribution < -0.4 is 10.2 Å². The highest BCUT2D eigenvalue weighted by atomic mass is 16.5. The fourth-order valence-corrected chi connectivity index (χ4v) is 3.58. The van der Waals surface area contributed by atoms with E-state index >= 15 is 0 Å². The fraction of sp³-hybridized carbons (Fsp3) is 0.182. The minimum Gasteiger partial charge on any atom is -0.494 e. The first kappa shape index (κ1) is 17.1. The Labute approximate surface area is 156 Å². The van der Waals surface area contributed by atoms with Crippen LogP contribution in [0.5, 0.6) is 5.75 Å². The molecule has 4 rings (SSSR count). The molecule has 0 saturated heterocycles. The van der Waals surface area contributed by atoms with Crippen LogP contribution >= 0.6 is 0 Å². The number of hydrogen-bond donors (Lipinski definition) is 0. The highest BCUT2D eigenvalue weighted by Gasteiger charge is 2.42. The van der Waals surface area contributed by atoms with Gasteiger partial charge in [0, 0.05) is 6.54 Å². The number of hydrogen-bond acceptors (Lipinski definition) is 4. The molecule has 0 fully saturated rings. The number of carbonyl (C=O) groups is 1. The van der Waals surface area contributed by atoms with Crippen molar-refractivity contribution in [1.29, 1.82) is 0 Å². The fourth-order valence-electron chi connectivity index (χ4n) is 3.58. The first-order chi connectivity index (χ1) is 13.2. The number of para-hydroxylation sites is 1. The number of nitrogens with zero attached hydrogens (tertiary/aromatic N) is 1. The summed E-state index contributed by atoms with van der Waals surface area (Å²) in [6, 6.07) is 13.9. The lowest BCUT2D eigenvalue weighted by Gasteiger charge is -2.24. The van der Waals surface area contributed by atoms with Crippen LogP contribution in [-0.2, 0) is 0 Å². The summed E-state index contributed by atoms with van der Waals surface area (Å²) in [6.45, 7) is 6.50. The van der Waals surface area contributed by atoms with E-state index in [2.05, 4.69) is 6.58 Å². The Kier molecular flexibility index (Phi) is 4.28. The minimum absolute atomic E-state index is 0.104. The predicted molar refractivity (Wildman–Crippen MR) is 103 cm³/mol. The summed E-state index contributed by atoms with van der Waals surface area (Å²) in [6.07, 6.45) is 1.65. The molecular weight excluding hydrogens is 342 g/mol. The molecule has 0 bridgehead atoms. The molecule has 0 aliphatic carbocycles. The van der Waals surface area contributed by atoms with E-state index in [1.54, 1.807) is 35.2 Å². The minimum atomic E-state index is -0.535. The van der Waals surface area contributed by atoms with Gasteiger partial charge in [-0.2, -0.15) is 0 Å². The van der Waals surface area contributed by atoms with Gasteiger partial charge < -0.3 is 14.1 Å². The van der Waals surface area contributed by atoms with Gasteiger partial charge in [0.05, 0.1) is 23.6 Å². The van der Waals surface area contributed by atoms with Gasteiger partial charge >= 0.3 is 0 Å². The van der Waals surface area contributed by atoms with Crippen molar-refractivity contribution in [3.05, 3.63) is 88.3 Å². The van der Waals surface area contributed by atoms with Crippen molar-refractivity contribution < 1.29 is 13.9 Å². The van der Waals surface area contributed by atoms with Gasteiger partial charge in [-0.1, -0.05) is 30.3 Å². The van der Waals surface area contributed by atoms with Crippen LogP contribution in [0.3, 0.4) is 0 Å². The van der Waals surface area contributed by atoms with Crippen molar-refractivity contribution in [1.82, 2.24) is 4.90 Å². The number of ether oxygens (including phenoxy) is 1. The molecule has 1 aliphatic rings. The van der Waals surface area contributed by atoms with Crippen molar-refractivity contribution in [3.63, 3.8) is 0 Å². The van der Waals surface area contributed by atoms with Crippen LogP contribution in [0.1, 0.15) is 34.6 Å². The van der Waals surface area contributed by atoms with Crippen molar-refractivity contribution >= 4 is 16.9 Å². The standard InChI is InChI=1S/C22H19NO4/c1-3-12-23-19(14-8-7-9-15(13-14)26-4-2)18-20(24)16-10-5-6-11-17(16)27-21(18)22(23)25/h3,5-11,13,19H,1,4,12H2,2H3. The number of amides is 1. The lowest BCUT2D eigenvalue weighted by molar-refractivity contribution is 0.0748. The molecule has 1 amide bonds. The Morgan fingerprint density at radius 3 is 2.78 bits per heavy atom. The second-order valence-corrected chi connectivity index (χ2v) is 6.32. The van der Waals surface area contributed by atoms with Gasteiger partial charge in [0.1, 0.15) is 11.3 Å². The number of rotatable bonds is 5. The van der Waals surface area contributed by atoms with E-state index in [9.17, 15) is 9.59 Å². The number of fused-ring (bicyclic) bond motifs is 2. The summed E-state index contributed by atoms with van der Waals surface area (Å²) in [5.74, 6) is 0.492. The SMILES string of the molecule is C=CCN1C(=O)c2oc3ccccc3c(=O)c2C1c1cccc(OCC)c1. The topological polar surface area (TPSA) is 59.8 Å². The maximum Gasteiger partial charge on any atom is 0.291 e. The third-order valence-corrected chi connectivity index (χ3v) is 4.68. The summed E-state index contributed by atoms with van der Waals surface area (Å²) < 4.78 is 11.4. The van der Waals surface area contributed by atoms with Gasteiger partial charge in [-0.05, 0) is 36.8 Å². The molecule has 5 heteroatoms. The zero-order valence-corrected chi connectivity index (χ0v) is 15.0. The van der Waals surface area contributed by atoms with Crippen molar-refractivity contribution in [2.75, 3.05) is 13.2 Å². The molecule has 27 heavy (non-hydrogen) atoms. The summed E-state index contributed by atoms with van der Waals surface area (Å²) in [5.41, 5.74) is 1.40. The summed E-state index contributed by atoms with van der Waals surface area (Å²) in [5, 5.41) is 0.468. The average Bonchev–Trinajstić information content (AvgIpc) is 2.96. The zero-order valence-electron chi connectivity index (χ0n) is 15.0. The first-order valence-corrected chi connectivity index (χ1v) is 8.86. The van der Waals surface area contributed by atoms with E-state index in [0.29, 0.717) is 35.4 Å². The molecule has 1 aromatic heterocycles. The van der Waals surface area contributed by atoms with E-state index in [0.717, 1.165) is 5.56 Å². The summed E-state index contributed by atoms with van der Waals surface area (Å²) in [7, 11) is 0. The zero-order chi connectivity index (χ0) is 19.0. The Hall–Kier alpha value is -3.34. The number of benzene rings is 2. The Balaban J connectivity index is 1.97. The molecule has 136 valence electrons. The molecule has 0 saturated carbocycles. The second kappa shape index (κ2) is 6.76.